The molecule has 0 aliphatic carbocycles. The van der Waals surface area contributed by atoms with Crippen LogP contribution in [0.15, 0.2) is 78.9 Å². The largest absolute Gasteiger partial charge is 0.432 e. The zero-order valence-corrected chi connectivity index (χ0v) is 20.0. The van der Waals surface area contributed by atoms with Crippen LogP contribution >= 0.6 is 0 Å². The van der Waals surface area contributed by atoms with Gasteiger partial charge in [-0.1, -0.05) is 61.9 Å². The smallest absolute Gasteiger partial charge is 0.398 e. The molecule has 4 aromatic carbocycles. The van der Waals surface area contributed by atoms with E-state index in [1.807, 2.05) is 24.3 Å². The van der Waals surface area contributed by atoms with Crippen LogP contribution in [-0.4, -0.2) is 6.11 Å². The van der Waals surface area contributed by atoms with Crippen molar-refractivity contribution in [2.45, 2.75) is 38.7 Å². The van der Waals surface area contributed by atoms with Crippen LogP contribution in [0.3, 0.4) is 0 Å². The van der Waals surface area contributed by atoms with Crippen molar-refractivity contribution < 1.29 is 31.1 Å². The highest BCUT2D eigenvalue weighted by Gasteiger charge is 2.31. The fourth-order valence-electron chi connectivity index (χ4n) is 4.06. The minimum absolute atomic E-state index is 0.116. The second-order valence-corrected chi connectivity index (χ2v) is 8.77. The minimum atomic E-state index is -3.63. The second kappa shape index (κ2) is 11.1. The van der Waals surface area contributed by atoms with Crippen molar-refractivity contribution in [1.82, 2.24) is 0 Å². The summed E-state index contributed by atoms with van der Waals surface area (Å²) in [6, 6.07) is 18.2. The zero-order chi connectivity index (χ0) is 26.6. The first-order chi connectivity index (χ1) is 17.6. The molecule has 1 nitrogen and oxygen atoms in total. The monoisotopic (exact) mass is 514 g/mol. The van der Waals surface area contributed by atoms with Crippen LogP contribution in [0.5, 0.6) is 5.75 Å². The van der Waals surface area contributed by atoms with Gasteiger partial charge in [0.05, 0.1) is 12.0 Å². The Morgan fingerprint density at radius 2 is 1.16 bits per heavy atom. The summed E-state index contributed by atoms with van der Waals surface area (Å²) in [5.74, 6) is -4.41. The van der Waals surface area contributed by atoms with Crippen LogP contribution in [0.25, 0.3) is 22.3 Å². The third-order valence-electron chi connectivity index (χ3n) is 5.97. The molecule has 0 heterocycles. The van der Waals surface area contributed by atoms with Gasteiger partial charge in [-0.05, 0) is 64.9 Å². The SMILES string of the molecule is CCCc1ccc(-c2cc(F)c(-c3ccc(CCC(F)(F)Oc4ccc(F)c(F)c4)cc3)c(F)c2)cc1. The highest BCUT2D eigenvalue weighted by molar-refractivity contribution is 5.72. The average molecular weight is 515 g/mol. The second-order valence-electron chi connectivity index (χ2n) is 8.77. The van der Waals surface area contributed by atoms with Gasteiger partial charge in [-0.2, -0.15) is 8.78 Å². The molecule has 37 heavy (non-hydrogen) atoms. The number of hydrogen-bond acceptors (Lipinski definition) is 1. The molecule has 0 aliphatic rings. The normalized spacial score (nSPS) is 11.5. The Hall–Kier alpha value is -3.74. The molecule has 0 atom stereocenters. The molecule has 4 aromatic rings. The number of hydrogen-bond donors (Lipinski definition) is 0. The van der Waals surface area contributed by atoms with Gasteiger partial charge in [0.2, 0.25) is 0 Å². The van der Waals surface area contributed by atoms with E-state index in [9.17, 15) is 26.3 Å². The topological polar surface area (TPSA) is 9.23 Å². The Kier molecular flexibility index (Phi) is 7.91. The first kappa shape index (κ1) is 26.3. The van der Waals surface area contributed by atoms with Crippen molar-refractivity contribution in [1.29, 1.82) is 0 Å². The van der Waals surface area contributed by atoms with E-state index in [4.69, 9.17) is 0 Å². The molecule has 7 heteroatoms. The predicted octanol–water partition coefficient (Wildman–Crippen LogP) is 9.13. The van der Waals surface area contributed by atoms with E-state index in [1.165, 1.54) is 36.4 Å². The van der Waals surface area contributed by atoms with Crippen molar-refractivity contribution in [3.05, 3.63) is 113 Å². The summed E-state index contributed by atoms with van der Waals surface area (Å²) in [6.45, 7) is 2.08. The first-order valence-electron chi connectivity index (χ1n) is 11.8. The number of rotatable bonds is 9. The Morgan fingerprint density at radius 1 is 0.595 bits per heavy atom. The molecule has 0 unspecified atom stereocenters. The zero-order valence-electron chi connectivity index (χ0n) is 20.0. The summed E-state index contributed by atoms with van der Waals surface area (Å²) in [7, 11) is 0. The third kappa shape index (κ3) is 6.53. The maximum atomic E-state index is 14.9. The van der Waals surface area contributed by atoms with Gasteiger partial charge in [0.25, 0.3) is 0 Å². The Morgan fingerprint density at radius 3 is 1.73 bits per heavy atom. The van der Waals surface area contributed by atoms with E-state index in [0.29, 0.717) is 28.8 Å². The summed E-state index contributed by atoms with van der Waals surface area (Å²) in [4.78, 5) is 0. The molecule has 192 valence electrons. The van der Waals surface area contributed by atoms with Gasteiger partial charge >= 0.3 is 6.11 Å². The lowest BCUT2D eigenvalue weighted by molar-refractivity contribution is -0.180. The summed E-state index contributed by atoms with van der Waals surface area (Å²) in [5.41, 5.74) is 2.82. The van der Waals surface area contributed by atoms with Crippen LogP contribution in [0.2, 0.25) is 0 Å². The van der Waals surface area contributed by atoms with Gasteiger partial charge in [0.15, 0.2) is 11.6 Å². The summed E-state index contributed by atoms with van der Waals surface area (Å²) >= 11 is 0. The lowest BCUT2D eigenvalue weighted by Crippen LogP contribution is -2.25. The number of benzene rings is 4. The molecule has 0 N–H and O–H groups in total. The Bertz CT molecular complexity index is 1340. The van der Waals surface area contributed by atoms with Gasteiger partial charge < -0.3 is 4.74 Å². The van der Waals surface area contributed by atoms with Crippen LogP contribution in [0, 0.1) is 23.3 Å². The first-order valence-corrected chi connectivity index (χ1v) is 11.8. The van der Waals surface area contributed by atoms with Crippen molar-refractivity contribution in [3.63, 3.8) is 0 Å². The molecule has 0 spiro atoms. The van der Waals surface area contributed by atoms with Crippen LogP contribution < -0.4 is 4.74 Å². The standard InChI is InChI=1S/C30H24F6O/c1-2-3-19-4-8-21(9-5-19)23-16-27(33)29(28(34)17-23)22-10-6-20(7-11-22)14-15-30(35,36)37-24-12-13-25(31)26(32)18-24/h4-13,16-18H,2-3,14-15H2,1H3. The summed E-state index contributed by atoms with van der Waals surface area (Å²) < 4.78 is 89.0. The molecule has 0 aliphatic heterocycles. The van der Waals surface area contributed by atoms with Crippen molar-refractivity contribution in [3.8, 4) is 28.0 Å². The van der Waals surface area contributed by atoms with Gasteiger partial charge in [-0.15, -0.1) is 0 Å². The van der Waals surface area contributed by atoms with Crippen LogP contribution in [0.4, 0.5) is 26.3 Å². The fourth-order valence-corrected chi connectivity index (χ4v) is 4.06. The van der Waals surface area contributed by atoms with Crippen molar-refractivity contribution in [2.75, 3.05) is 0 Å². The molecule has 4 rings (SSSR count). The van der Waals surface area contributed by atoms with E-state index in [0.717, 1.165) is 24.5 Å². The van der Waals surface area contributed by atoms with Crippen molar-refractivity contribution >= 4 is 0 Å². The lowest BCUT2D eigenvalue weighted by Gasteiger charge is -2.18. The number of ether oxygens (including phenoxy) is 1. The lowest BCUT2D eigenvalue weighted by atomic mass is 9.97. The molecular weight excluding hydrogens is 490 g/mol. The average Bonchev–Trinajstić information content (AvgIpc) is 2.86. The van der Waals surface area contributed by atoms with E-state index in [1.54, 1.807) is 0 Å². The molecular formula is C30H24F6O. The van der Waals surface area contributed by atoms with Gasteiger partial charge in [0.1, 0.15) is 17.4 Å². The molecule has 0 aromatic heterocycles. The molecule has 0 amide bonds. The number of alkyl halides is 2. The van der Waals surface area contributed by atoms with Gasteiger partial charge in [0, 0.05) is 6.07 Å². The van der Waals surface area contributed by atoms with Gasteiger partial charge in [-0.3, -0.25) is 0 Å². The maximum absolute atomic E-state index is 14.9. The molecule has 0 bridgehead atoms. The maximum Gasteiger partial charge on any atom is 0.398 e. The predicted molar refractivity (Wildman–Crippen MR) is 131 cm³/mol. The summed E-state index contributed by atoms with van der Waals surface area (Å²) in [5, 5.41) is 0. The van der Waals surface area contributed by atoms with Gasteiger partial charge in [-0.25, -0.2) is 17.6 Å². The highest BCUT2D eigenvalue weighted by Crippen LogP contribution is 2.32. The number of halogens is 6. The van der Waals surface area contributed by atoms with E-state index < -0.39 is 41.5 Å². The summed E-state index contributed by atoms with van der Waals surface area (Å²) in [6.07, 6.45) is -2.55. The molecule has 0 saturated carbocycles. The fraction of sp³-hybridized carbons (Fsp3) is 0.200. The molecule has 0 fully saturated rings. The molecule has 0 saturated heterocycles. The number of aryl methyl sites for hydroxylation is 2. The van der Waals surface area contributed by atoms with Crippen LogP contribution in [0.1, 0.15) is 30.9 Å². The highest BCUT2D eigenvalue weighted by atomic mass is 19.3. The van der Waals surface area contributed by atoms with Crippen molar-refractivity contribution in [2.24, 2.45) is 0 Å². The van der Waals surface area contributed by atoms with E-state index in [2.05, 4.69) is 11.7 Å². The Balaban J connectivity index is 1.44. The molecule has 0 radical (unpaired) electrons. The quantitative estimate of drug-likeness (QED) is 0.202. The van der Waals surface area contributed by atoms with E-state index in [-0.39, 0.29) is 17.5 Å². The minimum Gasteiger partial charge on any atom is -0.432 e. The third-order valence-corrected chi connectivity index (χ3v) is 5.97. The van der Waals surface area contributed by atoms with Crippen LogP contribution in [-0.2, 0) is 12.8 Å². The van der Waals surface area contributed by atoms with E-state index >= 15 is 0 Å². The Labute approximate surface area is 211 Å².